The molecule has 7 nitrogen and oxygen atoms in total. The summed E-state index contributed by atoms with van der Waals surface area (Å²) < 4.78 is 27.7. The Hall–Kier alpha value is -3.20. The topological polar surface area (TPSA) is 95.6 Å². The third kappa shape index (κ3) is 9.15. The van der Waals surface area contributed by atoms with E-state index in [0.29, 0.717) is 23.9 Å². The van der Waals surface area contributed by atoms with E-state index in [0.717, 1.165) is 36.0 Å². The van der Waals surface area contributed by atoms with Gasteiger partial charge in [0.2, 0.25) is 21.8 Å². The first-order chi connectivity index (χ1) is 19.6. The van der Waals surface area contributed by atoms with E-state index in [-0.39, 0.29) is 35.7 Å². The lowest BCUT2D eigenvalue weighted by Gasteiger charge is -2.32. The number of hydrogen-bond donors (Lipinski definition) is 2. The number of aryl methyl sites for hydroxylation is 1. The summed E-state index contributed by atoms with van der Waals surface area (Å²) in [5, 5.41) is 3.63. The molecule has 0 unspecified atom stereocenters. The molecule has 0 radical (unpaired) electrons. The first kappa shape index (κ1) is 30.8. The largest absolute Gasteiger partial charge is 0.354 e. The van der Waals surface area contributed by atoms with Gasteiger partial charge in [-0.1, -0.05) is 80.0 Å². The zero-order chi connectivity index (χ0) is 29.4. The van der Waals surface area contributed by atoms with Crippen molar-refractivity contribution in [2.45, 2.75) is 69.5 Å². The van der Waals surface area contributed by atoms with Gasteiger partial charge in [-0.25, -0.2) is 13.1 Å². The van der Waals surface area contributed by atoms with Crippen LogP contribution in [-0.2, 0) is 32.6 Å². The quantitative estimate of drug-likeness (QED) is 0.252. The molecular weight excluding hydrogens is 558 g/mol. The van der Waals surface area contributed by atoms with Gasteiger partial charge in [0.15, 0.2) is 0 Å². The molecule has 0 aromatic heterocycles. The molecule has 2 amide bonds. The van der Waals surface area contributed by atoms with E-state index in [1.807, 2.05) is 42.5 Å². The van der Waals surface area contributed by atoms with Crippen molar-refractivity contribution in [3.05, 3.63) is 101 Å². The molecule has 1 aliphatic rings. The van der Waals surface area contributed by atoms with Gasteiger partial charge in [0.25, 0.3) is 0 Å². The average molecular weight is 596 g/mol. The van der Waals surface area contributed by atoms with Crippen LogP contribution in [0.25, 0.3) is 0 Å². The number of amides is 2. The molecule has 1 fully saturated rings. The van der Waals surface area contributed by atoms with Gasteiger partial charge in [-0.05, 0) is 72.6 Å². The van der Waals surface area contributed by atoms with Crippen molar-refractivity contribution in [3.8, 4) is 0 Å². The number of carbonyl (C=O) groups is 2. The fraction of sp³-hybridized carbons (Fsp3) is 0.375. The fourth-order valence-electron chi connectivity index (χ4n) is 4.52. The van der Waals surface area contributed by atoms with Crippen molar-refractivity contribution in [1.82, 2.24) is 14.9 Å². The minimum absolute atomic E-state index is 0.0315. The molecule has 218 valence electrons. The molecular formula is C32H38ClN3O4S. The number of halogens is 1. The van der Waals surface area contributed by atoms with E-state index < -0.39 is 16.1 Å². The summed E-state index contributed by atoms with van der Waals surface area (Å²) in [6, 6.07) is 22.4. The number of rotatable bonds is 14. The predicted molar refractivity (Wildman–Crippen MR) is 162 cm³/mol. The third-order valence-electron chi connectivity index (χ3n) is 7.04. The van der Waals surface area contributed by atoms with Crippen molar-refractivity contribution in [2.24, 2.45) is 5.92 Å². The minimum atomic E-state index is -3.54. The maximum Gasteiger partial charge on any atom is 0.247 e. The van der Waals surface area contributed by atoms with Gasteiger partial charge in [-0.3, -0.25) is 9.59 Å². The minimum Gasteiger partial charge on any atom is -0.354 e. The SMILES string of the molecule is CC(C)CCNC(=O)[C@H](c1ccccc1)N(Cc1ccc(Cl)cc1)C(=O)CCc1ccc(S(=O)(=O)NC2CC2)cc1. The Balaban J connectivity index is 1.55. The van der Waals surface area contributed by atoms with E-state index in [2.05, 4.69) is 23.9 Å². The molecule has 0 spiro atoms. The van der Waals surface area contributed by atoms with Crippen LogP contribution in [0.3, 0.4) is 0 Å². The summed E-state index contributed by atoms with van der Waals surface area (Å²) in [6.45, 7) is 4.95. The van der Waals surface area contributed by atoms with Gasteiger partial charge in [0, 0.05) is 30.6 Å². The number of sulfonamides is 1. The molecule has 1 saturated carbocycles. The molecule has 3 aromatic carbocycles. The van der Waals surface area contributed by atoms with Crippen LogP contribution in [0.1, 0.15) is 62.3 Å². The van der Waals surface area contributed by atoms with Crippen LogP contribution in [-0.4, -0.2) is 37.7 Å². The molecule has 0 heterocycles. The maximum atomic E-state index is 13.9. The number of benzene rings is 3. The Labute approximate surface area is 248 Å². The summed E-state index contributed by atoms with van der Waals surface area (Å²) in [5.41, 5.74) is 2.43. The highest BCUT2D eigenvalue weighted by Crippen LogP contribution is 2.26. The summed E-state index contributed by atoms with van der Waals surface area (Å²) in [5.74, 6) is 0.0277. The lowest BCUT2D eigenvalue weighted by atomic mass is 10.0. The Kier molecular flexibility index (Phi) is 10.6. The second-order valence-corrected chi connectivity index (χ2v) is 13.1. The maximum absolute atomic E-state index is 13.9. The smallest absolute Gasteiger partial charge is 0.247 e. The second kappa shape index (κ2) is 14.1. The van der Waals surface area contributed by atoms with E-state index in [1.165, 1.54) is 0 Å². The Morgan fingerprint density at radius 3 is 2.17 bits per heavy atom. The molecule has 3 aromatic rings. The average Bonchev–Trinajstić information content (AvgIpc) is 3.76. The van der Waals surface area contributed by atoms with Gasteiger partial charge in [0.05, 0.1) is 4.90 Å². The van der Waals surface area contributed by atoms with Crippen LogP contribution in [0.15, 0.2) is 83.8 Å². The van der Waals surface area contributed by atoms with Crippen LogP contribution >= 0.6 is 11.6 Å². The van der Waals surface area contributed by atoms with E-state index in [1.54, 1.807) is 41.3 Å². The van der Waals surface area contributed by atoms with Gasteiger partial charge in [0.1, 0.15) is 6.04 Å². The Bertz CT molecular complexity index is 1410. The van der Waals surface area contributed by atoms with E-state index >= 15 is 0 Å². The number of nitrogens with one attached hydrogen (secondary N) is 2. The third-order valence-corrected chi connectivity index (χ3v) is 8.83. The van der Waals surface area contributed by atoms with Crippen molar-refractivity contribution >= 4 is 33.4 Å². The monoisotopic (exact) mass is 595 g/mol. The van der Waals surface area contributed by atoms with E-state index in [4.69, 9.17) is 11.6 Å². The molecule has 1 aliphatic carbocycles. The predicted octanol–water partition coefficient (Wildman–Crippen LogP) is 5.65. The van der Waals surface area contributed by atoms with Crippen molar-refractivity contribution in [2.75, 3.05) is 6.54 Å². The van der Waals surface area contributed by atoms with Crippen LogP contribution in [0.5, 0.6) is 0 Å². The Morgan fingerprint density at radius 2 is 1.56 bits per heavy atom. The first-order valence-corrected chi connectivity index (χ1v) is 16.0. The van der Waals surface area contributed by atoms with E-state index in [9.17, 15) is 18.0 Å². The van der Waals surface area contributed by atoms with Crippen LogP contribution in [0.2, 0.25) is 5.02 Å². The van der Waals surface area contributed by atoms with Crippen molar-refractivity contribution in [1.29, 1.82) is 0 Å². The number of nitrogens with zero attached hydrogens (tertiary/aromatic N) is 1. The second-order valence-electron chi connectivity index (χ2n) is 11.0. The van der Waals surface area contributed by atoms with Crippen molar-refractivity contribution in [3.63, 3.8) is 0 Å². The fourth-order valence-corrected chi connectivity index (χ4v) is 5.95. The van der Waals surface area contributed by atoms with Gasteiger partial charge in [-0.15, -0.1) is 0 Å². The number of carbonyl (C=O) groups excluding carboxylic acids is 2. The van der Waals surface area contributed by atoms with Gasteiger partial charge < -0.3 is 10.2 Å². The molecule has 0 bridgehead atoms. The summed E-state index contributed by atoms with van der Waals surface area (Å²) in [6.07, 6.45) is 3.13. The molecule has 9 heteroatoms. The Morgan fingerprint density at radius 1 is 0.927 bits per heavy atom. The molecule has 41 heavy (non-hydrogen) atoms. The molecule has 4 rings (SSSR count). The summed E-state index contributed by atoms with van der Waals surface area (Å²) in [4.78, 5) is 29.3. The van der Waals surface area contributed by atoms with Crippen LogP contribution < -0.4 is 10.0 Å². The zero-order valence-corrected chi connectivity index (χ0v) is 25.1. The highest BCUT2D eigenvalue weighted by atomic mass is 35.5. The van der Waals surface area contributed by atoms with Gasteiger partial charge in [-0.2, -0.15) is 0 Å². The zero-order valence-electron chi connectivity index (χ0n) is 23.6. The van der Waals surface area contributed by atoms with Crippen LogP contribution in [0, 0.1) is 5.92 Å². The molecule has 0 aliphatic heterocycles. The highest BCUT2D eigenvalue weighted by molar-refractivity contribution is 7.89. The van der Waals surface area contributed by atoms with Gasteiger partial charge >= 0.3 is 0 Å². The lowest BCUT2D eigenvalue weighted by Crippen LogP contribution is -2.43. The summed E-state index contributed by atoms with van der Waals surface area (Å²) >= 11 is 6.10. The number of hydrogen-bond acceptors (Lipinski definition) is 4. The normalized spacial score (nSPS) is 14.0. The molecule has 0 saturated heterocycles. The lowest BCUT2D eigenvalue weighted by molar-refractivity contribution is -0.141. The first-order valence-electron chi connectivity index (χ1n) is 14.1. The van der Waals surface area contributed by atoms with Crippen LogP contribution in [0.4, 0.5) is 0 Å². The standard InChI is InChI=1S/C32H38ClN3O4S/c1-23(2)20-21-34-32(38)31(26-6-4-3-5-7-26)36(22-25-8-13-27(33)14-9-25)30(37)19-12-24-10-17-29(18-11-24)41(39,40)35-28-15-16-28/h3-11,13-14,17-18,23,28,31,35H,12,15-16,19-22H2,1-2H3,(H,34,38)/t31-/m0/s1. The molecule has 2 N–H and O–H groups in total. The summed E-state index contributed by atoms with van der Waals surface area (Å²) in [7, 11) is -3.54. The van der Waals surface area contributed by atoms with Crippen molar-refractivity contribution < 1.29 is 18.0 Å². The highest BCUT2D eigenvalue weighted by Gasteiger charge is 2.31. The molecule has 1 atom stereocenters.